The normalized spacial score (nSPS) is 11.1. The second-order valence-corrected chi connectivity index (χ2v) is 6.39. The summed E-state index contributed by atoms with van der Waals surface area (Å²) in [5, 5.41) is 0. The molecule has 127 valence electrons. The summed E-state index contributed by atoms with van der Waals surface area (Å²) in [7, 11) is 0. The van der Waals surface area contributed by atoms with Crippen LogP contribution < -0.4 is 0 Å². The van der Waals surface area contributed by atoms with Gasteiger partial charge >= 0.3 is 0 Å². The Bertz CT molecular complexity index is 149. The van der Waals surface area contributed by atoms with Gasteiger partial charge < -0.3 is 4.74 Å². The fourth-order valence-corrected chi connectivity index (χ4v) is 2.66. The van der Waals surface area contributed by atoms with Gasteiger partial charge in [-0.2, -0.15) is 0 Å². The van der Waals surface area contributed by atoms with Crippen LogP contribution in [0.1, 0.15) is 110 Å². The minimum atomic E-state index is 0.867. The molecule has 0 unspecified atom stereocenters. The highest BCUT2D eigenvalue weighted by atomic mass is 16.5. The Morgan fingerprint density at radius 3 is 1.62 bits per heavy atom. The summed E-state index contributed by atoms with van der Waals surface area (Å²) < 4.78 is 5.67. The topological polar surface area (TPSA) is 9.23 Å². The molecule has 0 aliphatic rings. The van der Waals surface area contributed by atoms with E-state index in [-0.39, 0.29) is 0 Å². The molecule has 0 aromatic carbocycles. The second kappa shape index (κ2) is 20.0. The average molecular weight is 298 g/mol. The lowest BCUT2D eigenvalue weighted by Gasteiger charge is -2.05. The smallest absolute Gasteiger partial charge is 0.0497 e. The van der Waals surface area contributed by atoms with Gasteiger partial charge in [-0.25, -0.2) is 0 Å². The van der Waals surface area contributed by atoms with E-state index >= 15 is 0 Å². The van der Waals surface area contributed by atoms with Gasteiger partial charge in [0.05, 0.1) is 0 Å². The summed E-state index contributed by atoms with van der Waals surface area (Å²) in [5.74, 6) is 0. The summed E-state index contributed by atoms with van der Waals surface area (Å²) >= 11 is 0. The summed E-state index contributed by atoms with van der Waals surface area (Å²) in [5.41, 5.74) is 0. The molecule has 0 saturated carbocycles. The number of ether oxygens (including phenoxy) is 1. The molecule has 0 N–H and O–H groups in total. The van der Waals surface area contributed by atoms with E-state index in [9.17, 15) is 0 Å². The first-order valence-electron chi connectivity index (χ1n) is 9.81. The zero-order chi connectivity index (χ0) is 15.4. The first kappa shape index (κ1) is 21.0. The van der Waals surface area contributed by atoms with Gasteiger partial charge in [0, 0.05) is 13.2 Å². The SMILES string of the molecule is CCCCCCCC[CH]COCCCCCCCCCC. The highest BCUT2D eigenvalue weighted by molar-refractivity contribution is 4.63. The van der Waals surface area contributed by atoms with Crippen LogP contribution in [0, 0.1) is 6.42 Å². The lowest BCUT2D eigenvalue weighted by Crippen LogP contribution is -1.98. The van der Waals surface area contributed by atoms with Gasteiger partial charge in [-0.1, -0.05) is 97.3 Å². The monoisotopic (exact) mass is 297 g/mol. The Labute approximate surface area is 135 Å². The van der Waals surface area contributed by atoms with Gasteiger partial charge in [0.25, 0.3) is 0 Å². The van der Waals surface area contributed by atoms with Crippen molar-refractivity contribution in [2.75, 3.05) is 13.2 Å². The van der Waals surface area contributed by atoms with Gasteiger partial charge in [-0.15, -0.1) is 0 Å². The molecular formula is C20H41O. The maximum Gasteiger partial charge on any atom is 0.0497 e. The fraction of sp³-hybridized carbons (Fsp3) is 0.950. The van der Waals surface area contributed by atoms with Gasteiger partial charge in [0.15, 0.2) is 0 Å². The lowest BCUT2D eigenvalue weighted by molar-refractivity contribution is 0.147. The van der Waals surface area contributed by atoms with Crippen molar-refractivity contribution in [3.05, 3.63) is 6.42 Å². The largest absolute Gasteiger partial charge is 0.381 e. The van der Waals surface area contributed by atoms with Crippen molar-refractivity contribution in [3.8, 4) is 0 Å². The summed E-state index contributed by atoms with van der Waals surface area (Å²) in [6.45, 7) is 6.38. The van der Waals surface area contributed by atoms with E-state index in [0.717, 1.165) is 13.2 Å². The molecule has 0 spiro atoms. The molecule has 0 aliphatic carbocycles. The minimum Gasteiger partial charge on any atom is -0.381 e. The van der Waals surface area contributed by atoms with Gasteiger partial charge in [0.1, 0.15) is 0 Å². The van der Waals surface area contributed by atoms with Crippen LogP contribution in [0.15, 0.2) is 0 Å². The van der Waals surface area contributed by atoms with Gasteiger partial charge in [-0.3, -0.25) is 0 Å². The Morgan fingerprint density at radius 1 is 0.571 bits per heavy atom. The third-order valence-corrected chi connectivity index (χ3v) is 4.14. The van der Waals surface area contributed by atoms with Gasteiger partial charge in [0.2, 0.25) is 0 Å². The lowest BCUT2D eigenvalue weighted by atomic mass is 10.1. The Balaban J connectivity index is 2.90. The van der Waals surface area contributed by atoms with E-state index in [4.69, 9.17) is 4.74 Å². The average Bonchev–Trinajstić information content (AvgIpc) is 2.50. The first-order valence-corrected chi connectivity index (χ1v) is 9.81. The number of rotatable bonds is 18. The molecule has 0 rings (SSSR count). The van der Waals surface area contributed by atoms with Crippen LogP contribution in [0.2, 0.25) is 0 Å². The molecular weight excluding hydrogens is 256 g/mol. The molecule has 0 aromatic heterocycles. The molecule has 0 bridgehead atoms. The zero-order valence-corrected chi connectivity index (χ0v) is 15.0. The van der Waals surface area contributed by atoms with Crippen LogP contribution in [0.5, 0.6) is 0 Å². The zero-order valence-electron chi connectivity index (χ0n) is 15.0. The number of hydrogen-bond donors (Lipinski definition) is 0. The van der Waals surface area contributed by atoms with E-state index in [1.165, 1.54) is 96.3 Å². The summed E-state index contributed by atoms with van der Waals surface area (Å²) in [6.07, 6.45) is 23.0. The van der Waals surface area contributed by atoms with Crippen LogP contribution in [0.4, 0.5) is 0 Å². The number of hydrogen-bond acceptors (Lipinski definition) is 1. The van der Waals surface area contributed by atoms with Crippen LogP contribution in [-0.4, -0.2) is 13.2 Å². The Hall–Kier alpha value is -0.0400. The standard InChI is InChI=1S/C20H41O/c1-3-5-7-9-11-13-15-17-19-21-20-18-16-14-12-10-8-6-4-2/h17H,3-16,18-20H2,1-2H3. The van der Waals surface area contributed by atoms with E-state index in [1.807, 2.05) is 0 Å². The molecule has 0 heterocycles. The molecule has 0 saturated heterocycles. The first-order chi connectivity index (χ1) is 10.4. The Morgan fingerprint density at radius 2 is 1.05 bits per heavy atom. The summed E-state index contributed by atoms with van der Waals surface area (Å²) in [6, 6.07) is 0. The molecule has 0 atom stereocenters. The van der Waals surface area contributed by atoms with Crippen LogP contribution >= 0.6 is 0 Å². The second-order valence-electron chi connectivity index (χ2n) is 6.39. The predicted octanol–water partition coefficient (Wildman–Crippen LogP) is 7.10. The maximum atomic E-state index is 5.67. The minimum absolute atomic E-state index is 0.867. The third-order valence-electron chi connectivity index (χ3n) is 4.14. The molecule has 21 heavy (non-hydrogen) atoms. The van der Waals surface area contributed by atoms with Crippen molar-refractivity contribution in [2.24, 2.45) is 0 Å². The van der Waals surface area contributed by atoms with Crippen LogP contribution in [0.25, 0.3) is 0 Å². The molecule has 1 heteroatoms. The fourth-order valence-electron chi connectivity index (χ4n) is 2.66. The predicted molar refractivity (Wildman–Crippen MR) is 95.7 cm³/mol. The molecule has 1 radical (unpaired) electrons. The Kier molecular flexibility index (Phi) is 19.9. The molecule has 0 aliphatic heterocycles. The van der Waals surface area contributed by atoms with Gasteiger partial charge in [-0.05, 0) is 19.3 Å². The quantitative estimate of drug-likeness (QED) is 0.245. The molecule has 0 aromatic rings. The third kappa shape index (κ3) is 20.0. The van der Waals surface area contributed by atoms with Crippen molar-refractivity contribution in [1.82, 2.24) is 0 Å². The van der Waals surface area contributed by atoms with E-state index in [1.54, 1.807) is 0 Å². The molecule has 0 fully saturated rings. The molecule has 0 amide bonds. The number of unbranched alkanes of at least 4 members (excludes halogenated alkanes) is 14. The van der Waals surface area contributed by atoms with Crippen molar-refractivity contribution in [1.29, 1.82) is 0 Å². The van der Waals surface area contributed by atoms with E-state index < -0.39 is 0 Å². The maximum absolute atomic E-state index is 5.67. The highest BCUT2D eigenvalue weighted by Gasteiger charge is 1.94. The van der Waals surface area contributed by atoms with Crippen molar-refractivity contribution in [2.45, 2.75) is 110 Å². The van der Waals surface area contributed by atoms with Crippen molar-refractivity contribution in [3.63, 3.8) is 0 Å². The molecule has 1 nitrogen and oxygen atoms in total. The highest BCUT2D eigenvalue weighted by Crippen LogP contribution is 2.09. The van der Waals surface area contributed by atoms with E-state index in [2.05, 4.69) is 20.3 Å². The van der Waals surface area contributed by atoms with E-state index in [0.29, 0.717) is 0 Å². The van der Waals surface area contributed by atoms with Crippen molar-refractivity contribution >= 4 is 0 Å². The van der Waals surface area contributed by atoms with Crippen molar-refractivity contribution < 1.29 is 4.74 Å². The summed E-state index contributed by atoms with van der Waals surface area (Å²) in [4.78, 5) is 0. The van der Waals surface area contributed by atoms with Crippen LogP contribution in [0.3, 0.4) is 0 Å². The van der Waals surface area contributed by atoms with Crippen LogP contribution in [-0.2, 0) is 4.74 Å².